The fourth-order valence-electron chi connectivity index (χ4n) is 3.15. The van der Waals surface area contributed by atoms with E-state index in [4.69, 9.17) is 9.47 Å². The second-order valence-electron chi connectivity index (χ2n) is 6.39. The molecule has 0 radical (unpaired) electrons. The van der Waals surface area contributed by atoms with Crippen LogP contribution in [-0.4, -0.2) is 60.4 Å². The maximum atomic E-state index is 12.3. The van der Waals surface area contributed by atoms with Gasteiger partial charge in [-0.15, -0.1) is 0 Å². The van der Waals surface area contributed by atoms with Crippen molar-refractivity contribution in [3.63, 3.8) is 0 Å². The summed E-state index contributed by atoms with van der Waals surface area (Å²) >= 11 is 0. The Balaban J connectivity index is 1.35. The molecule has 1 aromatic heterocycles. The number of ether oxygens (including phenoxy) is 2. The van der Waals surface area contributed by atoms with Crippen molar-refractivity contribution in [1.82, 2.24) is 20.5 Å². The van der Waals surface area contributed by atoms with E-state index in [0.29, 0.717) is 39.2 Å². The van der Waals surface area contributed by atoms with Crippen LogP contribution in [0.4, 0.5) is 9.59 Å². The molecule has 0 aromatic carbocycles. The van der Waals surface area contributed by atoms with Gasteiger partial charge in [0.15, 0.2) is 0 Å². The molecule has 1 spiro atoms. The van der Waals surface area contributed by atoms with E-state index in [1.165, 1.54) is 0 Å². The minimum absolute atomic E-state index is 0.0734. The van der Waals surface area contributed by atoms with Crippen LogP contribution in [0.3, 0.4) is 0 Å². The number of alkyl carbamates (subject to hydrolysis) is 1. The first-order valence-electron chi connectivity index (χ1n) is 8.69. The zero-order valence-corrected chi connectivity index (χ0v) is 14.2. The van der Waals surface area contributed by atoms with Gasteiger partial charge >= 0.3 is 12.1 Å². The minimum atomic E-state index is -0.441. The highest BCUT2D eigenvalue weighted by Crippen LogP contribution is 2.29. The Hall–Kier alpha value is -2.51. The van der Waals surface area contributed by atoms with E-state index in [9.17, 15) is 9.59 Å². The number of urea groups is 1. The average molecular weight is 348 g/mol. The third-order valence-electron chi connectivity index (χ3n) is 4.55. The van der Waals surface area contributed by atoms with Crippen LogP contribution in [0.25, 0.3) is 0 Å². The van der Waals surface area contributed by atoms with Gasteiger partial charge in [-0.2, -0.15) is 0 Å². The van der Waals surface area contributed by atoms with Crippen LogP contribution in [-0.2, 0) is 4.74 Å². The van der Waals surface area contributed by atoms with Crippen molar-refractivity contribution >= 4 is 12.1 Å². The summed E-state index contributed by atoms with van der Waals surface area (Å²) in [4.78, 5) is 29.4. The monoisotopic (exact) mass is 348 g/mol. The van der Waals surface area contributed by atoms with Crippen LogP contribution in [0.2, 0.25) is 0 Å². The molecule has 2 fully saturated rings. The number of pyridine rings is 1. The maximum absolute atomic E-state index is 12.3. The van der Waals surface area contributed by atoms with Crippen LogP contribution in [0.1, 0.15) is 25.7 Å². The van der Waals surface area contributed by atoms with E-state index in [2.05, 4.69) is 15.6 Å². The minimum Gasteiger partial charge on any atom is -0.492 e. The van der Waals surface area contributed by atoms with Gasteiger partial charge in [0.05, 0.1) is 19.3 Å². The van der Waals surface area contributed by atoms with Crippen LogP contribution >= 0.6 is 0 Å². The standard InChI is InChI=1S/C17H24N4O4/c22-15(19-8-3-11-24-14-4-1-7-18-12-14)21-9-2-5-17(6-10-21)13-20-16(23)25-17/h1,4,7,12H,2-3,5-6,8-11,13H2,(H,19,22)(H,20,23)/t17-/m0/s1. The SMILES string of the molecule is O=C1NC[C@@]2(CCCN(C(=O)NCCCOc3cccnc3)CC2)O1. The lowest BCUT2D eigenvalue weighted by atomic mass is 9.95. The molecule has 2 aliphatic heterocycles. The molecule has 3 heterocycles. The molecule has 0 saturated carbocycles. The number of hydrogen-bond acceptors (Lipinski definition) is 5. The highest BCUT2D eigenvalue weighted by atomic mass is 16.6. The summed E-state index contributed by atoms with van der Waals surface area (Å²) in [6.07, 6.45) is 6.01. The second-order valence-corrected chi connectivity index (χ2v) is 6.39. The van der Waals surface area contributed by atoms with E-state index in [1.54, 1.807) is 17.3 Å². The van der Waals surface area contributed by atoms with Crippen LogP contribution in [0.15, 0.2) is 24.5 Å². The quantitative estimate of drug-likeness (QED) is 0.787. The average Bonchev–Trinajstić information content (AvgIpc) is 2.86. The Kier molecular flexibility index (Phi) is 5.57. The van der Waals surface area contributed by atoms with E-state index < -0.39 is 5.60 Å². The normalized spacial score (nSPS) is 22.9. The van der Waals surface area contributed by atoms with Gasteiger partial charge in [0, 0.05) is 32.3 Å². The van der Waals surface area contributed by atoms with Crippen molar-refractivity contribution in [3.05, 3.63) is 24.5 Å². The zero-order valence-electron chi connectivity index (χ0n) is 14.2. The van der Waals surface area contributed by atoms with Crippen molar-refractivity contribution in [2.75, 3.05) is 32.8 Å². The molecular formula is C17H24N4O4. The van der Waals surface area contributed by atoms with Crippen molar-refractivity contribution in [2.45, 2.75) is 31.3 Å². The molecule has 1 aromatic rings. The smallest absolute Gasteiger partial charge is 0.407 e. The van der Waals surface area contributed by atoms with Crippen LogP contribution < -0.4 is 15.4 Å². The Morgan fingerprint density at radius 1 is 1.44 bits per heavy atom. The van der Waals surface area contributed by atoms with E-state index >= 15 is 0 Å². The lowest BCUT2D eigenvalue weighted by Crippen LogP contribution is -2.42. The van der Waals surface area contributed by atoms with Gasteiger partial charge < -0.3 is 25.0 Å². The topological polar surface area (TPSA) is 92.8 Å². The first-order valence-corrected chi connectivity index (χ1v) is 8.69. The highest BCUT2D eigenvalue weighted by molar-refractivity contribution is 5.74. The van der Waals surface area contributed by atoms with Crippen LogP contribution in [0, 0.1) is 0 Å². The first-order chi connectivity index (χ1) is 12.2. The lowest BCUT2D eigenvalue weighted by Gasteiger charge is -2.25. The van der Waals surface area contributed by atoms with Gasteiger partial charge in [-0.3, -0.25) is 4.98 Å². The van der Waals surface area contributed by atoms with Gasteiger partial charge in [-0.05, 0) is 31.4 Å². The fraction of sp³-hybridized carbons (Fsp3) is 0.588. The zero-order chi connectivity index (χ0) is 17.5. The molecule has 0 aliphatic carbocycles. The Morgan fingerprint density at radius 2 is 2.36 bits per heavy atom. The third-order valence-corrected chi connectivity index (χ3v) is 4.55. The molecule has 136 valence electrons. The molecule has 8 heteroatoms. The Labute approximate surface area is 146 Å². The van der Waals surface area contributed by atoms with Gasteiger partial charge in [-0.25, -0.2) is 9.59 Å². The summed E-state index contributed by atoms with van der Waals surface area (Å²) in [5, 5.41) is 5.64. The van der Waals surface area contributed by atoms with Gasteiger partial charge in [0.1, 0.15) is 11.4 Å². The molecular weight excluding hydrogens is 324 g/mol. The van der Waals surface area contributed by atoms with Crippen molar-refractivity contribution in [3.8, 4) is 5.75 Å². The highest BCUT2D eigenvalue weighted by Gasteiger charge is 2.41. The summed E-state index contributed by atoms with van der Waals surface area (Å²) in [6, 6.07) is 3.60. The number of aromatic nitrogens is 1. The first kappa shape index (κ1) is 17.3. The number of likely N-dealkylation sites (tertiary alicyclic amines) is 1. The number of nitrogens with zero attached hydrogens (tertiary/aromatic N) is 2. The van der Waals surface area contributed by atoms with Crippen LogP contribution in [0.5, 0.6) is 5.75 Å². The van der Waals surface area contributed by atoms with E-state index in [0.717, 1.165) is 25.0 Å². The number of carbonyl (C=O) groups is 2. The maximum Gasteiger partial charge on any atom is 0.407 e. The van der Waals surface area contributed by atoms with Gasteiger partial charge in [-0.1, -0.05) is 0 Å². The molecule has 2 saturated heterocycles. The summed E-state index contributed by atoms with van der Waals surface area (Å²) in [5.74, 6) is 0.728. The van der Waals surface area contributed by atoms with Crippen molar-refractivity contribution in [1.29, 1.82) is 0 Å². The largest absolute Gasteiger partial charge is 0.492 e. The summed E-state index contributed by atoms with van der Waals surface area (Å²) in [6.45, 7) is 2.88. The van der Waals surface area contributed by atoms with Gasteiger partial charge in [0.2, 0.25) is 0 Å². The molecule has 8 nitrogen and oxygen atoms in total. The predicted octanol–water partition coefficient (Wildman–Crippen LogP) is 1.52. The molecule has 1 atom stereocenters. The lowest BCUT2D eigenvalue weighted by molar-refractivity contribution is 0.0453. The molecule has 0 unspecified atom stereocenters. The van der Waals surface area contributed by atoms with Crippen molar-refractivity contribution in [2.24, 2.45) is 0 Å². The Bertz CT molecular complexity index is 598. The number of amides is 3. The predicted molar refractivity (Wildman–Crippen MR) is 90.4 cm³/mol. The molecule has 2 N–H and O–H groups in total. The number of rotatable bonds is 5. The number of hydrogen-bond donors (Lipinski definition) is 2. The number of carbonyl (C=O) groups excluding carboxylic acids is 2. The molecule has 3 rings (SSSR count). The summed E-state index contributed by atoms with van der Waals surface area (Å²) < 4.78 is 11.0. The molecule has 3 amide bonds. The third kappa shape index (κ3) is 4.74. The number of nitrogens with one attached hydrogen (secondary N) is 2. The second kappa shape index (κ2) is 8.04. The van der Waals surface area contributed by atoms with Gasteiger partial charge in [0.25, 0.3) is 0 Å². The molecule has 0 bridgehead atoms. The molecule has 2 aliphatic rings. The molecule has 25 heavy (non-hydrogen) atoms. The van der Waals surface area contributed by atoms with Crippen molar-refractivity contribution < 1.29 is 19.1 Å². The fourth-order valence-corrected chi connectivity index (χ4v) is 3.15. The van der Waals surface area contributed by atoms with E-state index in [-0.39, 0.29) is 12.1 Å². The van der Waals surface area contributed by atoms with E-state index in [1.807, 2.05) is 12.1 Å². The summed E-state index contributed by atoms with van der Waals surface area (Å²) in [5.41, 5.74) is -0.441. The Morgan fingerprint density at radius 3 is 3.12 bits per heavy atom. The summed E-state index contributed by atoms with van der Waals surface area (Å²) in [7, 11) is 0.